The second-order valence-electron chi connectivity index (χ2n) is 3.19. The van der Waals surface area contributed by atoms with Crippen molar-refractivity contribution in [3.05, 3.63) is 29.8 Å². The lowest BCUT2D eigenvalue weighted by Gasteiger charge is -2.18. The molecule has 5 heteroatoms. The van der Waals surface area contributed by atoms with Gasteiger partial charge in [0.15, 0.2) is 0 Å². The van der Waals surface area contributed by atoms with Crippen molar-refractivity contribution < 1.29 is 19.4 Å². The largest absolute Gasteiger partial charge is 0.508 e. The Bertz CT molecular complexity index is 378. The molecule has 1 amide bonds. The summed E-state index contributed by atoms with van der Waals surface area (Å²) in [5.74, 6) is 0.119. The number of benzene rings is 1. The highest BCUT2D eigenvalue weighted by Gasteiger charge is 2.13. The van der Waals surface area contributed by atoms with Gasteiger partial charge in [-0.2, -0.15) is 0 Å². The number of carbonyl (C=O) groups is 2. The van der Waals surface area contributed by atoms with Gasteiger partial charge in [-0.05, 0) is 17.7 Å². The molecule has 0 atom stereocenters. The van der Waals surface area contributed by atoms with Crippen LogP contribution in [-0.4, -0.2) is 36.0 Å². The number of rotatable bonds is 4. The van der Waals surface area contributed by atoms with Gasteiger partial charge < -0.3 is 14.6 Å². The fourth-order valence-electron chi connectivity index (χ4n) is 1.30. The first kappa shape index (κ1) is 12.0. The van der Waals surface area contributed by atoms with E-state index in [-0.39, 0.29) is 18.8 Å². The fourth-order valence-corrected chi connectivity index (χ4v) is 1.30. The lowest BCUT2D eigenvalue weighted by atomic mass is 10.2. The van der Waals surface area contributed by atoms with Crippen LogP contribution in [0, 0.1) is 0 Å². The van der Waals surface area contributed by atoms with E-state index in [1.807, 2.05) is 0 Å². The molecule has 86 valence electrons. The SMILES string of the molecule is COC(=O)N(CC=O)Cc1cccc(O)c1. The number of hydrogen-bond donors (Lipinski definition) is 1. The number of ether oxygens (including phenoxy) is 1. The first-order valence-corrected chi connectivity index (χ1v) is 4.72. The zero-order valence-corrected chi connectivity index (χ0v) is 8.92. The molecule has 0 aromatic heterocycles. The van der Waals surface area contributed by atoms with E-state index in [4.69, 9.17) is 0 Å². The van der Waals surface area contributed by atoms with Gasteiger partial charge in [0.2, 0.25) is 0 Å². The van der Waals surface area contributed by atoms with E-state index in [2.05, 4.69) is 4.74 Å². The van der Waals surface area contributed by atoms with Crippen molar-refractivity contribution >= 4 is 12.4 Å². The Kier molecular flexibility index (Phi) is 4.32. The van der Waals surface area contributed by atoms with Gasteiger partial charge in [-0.15, -0.1) is 0 Å². The Morgan fingerprint density at radius 2 is 2.31 bits per heavy atom. The number of hydrogen-bond acceptors (Lipinski definition) is 4. The van der Waals surface area contributed by atoms with Crippen LogP contribution in [0.5, 0.6) is 5.75 Å². The zero-order valence-electron chi connectivity index (χ0n) is 8.92. The number of aldehydes is 1. The van der Waals surface area contributed by atoms with Crippen LogP contribution in [0.1, 0.15) is 5.56 Å². The Morgan fingerprint density at radius 3 is 2.88 bits per heavy atom. The molecule has 0 heterocycles. The second-order valence-corrected chi connectivity index (χ2v) is 3.19. The highest BCUT2D eigenvalue weighted by molar-refractivity contribution is 5.71. The average Bonchev–Trinajstić information content (AvgIpc) is 2.27. The molecular weight excluding hydrogens is 210 g/mol. The van der Waals surface area contributed by atoms with E-state index >= 15 is 0 Å². The van der Waals surface area contributed by atoms with Gasteiger partial charge in [0.1, 0.15) is 12.0 Å². The van der Waals surface area contributed by atoms with Crippen LogP contribution in [0.2, 0.25) is 0 Å². The lowest BCUT2D eigenvalue weighted by molar-refractivity contribution is -0.108. The predicted octanol–water partition coefficient (Wildman–Crippen LogP) is 1.16. The summed E-state index contributed by atoms with van der Waals surface area (Å²) in [4.78, 5) is 22.9. The summed E-state index contributed by atoms with van der Waals surface area (Å²) in [7, 11) is 1.25. The smallest absolute Gasteiger partial charge is 0.410 e. The molecule has 0 radical (unpaired) electrons. The molecule has 16 heavy (non-hydrogen) atoms. The summed E-state index contributed by atoms with van der Waals surface area (Å²) in [5.41, 5.74) is 0.729. The molecule has 1 aromatic rings. The third-order valence-corrected chi connectivity index (χ3v) is 2.01. The molecule has 0 aliphatic heterocycles. The van der Waals surface area contributed by atoms with Gasteiger partial charge in [-0.25, -0.2) is 4.79 Å². The number of phenols is 1. The van der Waals surface area contributed by atoms with Gasteiger partial charge in [-0.1, -0.05) is 12.1 Å². The minimum Gasteiger partial charge on any atom is -0.508 e. The molecule has 0 aliphatic carbocycles. The number of methoxy groups -OCH3 is 1. The maximum atomic E-state index is 11.3. The first-order chi connectivity index (χ1) is 7.67. The van der Waals surface area contributed by atoms with E-state index in [0.29, 0.717) is 6.29 Å². The van der Waals surface area contributed by atoms with Crippen LogP contribution < -0.4 is 0 Å². The second kappa shape index (κ2) is 5.75. The quantitative estimate of drug-likeness (QED) is 0.778. The normalized spacial score (nSPS) is 9.56. The molecule has 0 aliphatic rings. The highest BCUT2D eigenvalue weighted by Crippen LogP contribution is 2.13. The summed E-state index contributed by atoms with van der Waals surface area (Å²) in [6.07, 6.45) is 0.0511. The standard InChI is InChI=1S/C11H13NO4/c1-16-11(15)12(5-6-13)8-9-3-2-4-10(14)7-9/h2-4,6-7,14H,5,8H2,1H3. The summed E-state index contributed by atoms with van der Waals surface area (Å²) < 4.78 is 4.53. The van der Waals surface area contributed by atoms with Crippen LogP contribution in [0.4, 0.5) is 4.79 Å². The summed E-state index contributed by atoms with van der Waals surface area (Å²) in [6, 6.07) is 6.48. The van der Waals surface area contributed by atoms with E-state index < -0.39 is 6.09 Å². The maximum Gasteiger partial charge on any atom is 0.410 e. The van der Waals surface area contributed by atoms with Gasteiger partial charge in [0.05, 0.1) is 13.7 Å². The van der Waals surface area contributed by atoms with Crippen LogP contribution in [0.25, 0.3) is 0 Å². The van der Waals surface area contributed by atoms with E-state index in [1.54, 1.807) is 12.1 Å². The predicted molar refractivity (Wildman–Crippen MR) is 57.0 cm³/mol. The highest BCUT2D eigenvalue weighted by atomic mass is 16.5. The molecule has 1 N–H and O–H groups in total. The Morgan fingerprint density at radius 1 is 1.56 bits per heavy atom. The molecule has 1 rings (SSSR count). The van der Waals surface area contributed by atoms with Gasteiger partial charge in [0.25, 0.3) is 0 Å². The lowest BCUT2D eigenvalue weighted by Crippen LogP contribution is -2.31. The summed E-state index contributed by atoms with van der Waals surface area (Å²) in [6.45, 7) is 0.183. The number of phenolic OH excluding ortho intramolecular Hbond substituents is 1. The van der Waals surface area contributed by atoms with Crippen molar-refractivity contribution in [2.45, 2.75) is 6.54 Å². The molecule has 5 nitrogen and oxygen atoms in total. The van der Waals surface area contributed by atoms with Crippen LogP contribution in [0.3, 0.4) is 0 Å². The molecule has 0 fully saturated rings. The van der Waals surface area contributed by atoms with E-state index in [1.165, 1.54) is 24.1 Å². The molecule has 0 saturated heterocycles. The Hall–Kier alpha value is -2.04. The summed E-state index contributed by atoms with van der Waals surface area (Å²) in [5, 5.41) is 9.25. The maximum absolute atomic E-state index is 11.3. The van der Waals surface area contributed by atoms with E-state index in [0.717, 1.165) is 5.56 Å². The van der Waals surface area contributed by atoms with Crippen molar-refractivity contribution in [1.82, 2.24) is 4.90 Å². The third kappa shape index (κ3) is 3.27. The van der Waals surface area contributed by atoms with Gasteiger partial charge in [-0.3, -0.25) is 4.90 Å². The first-order valence-electron chi connectivity index (χ1n) is 4.72. The van der Waals surface area contributed by atoms with Crippen molar-refractivity contribution in [1.29, 1.82) is 0 Å². The minimum absolute atomic E-state index is 0.0394. The number of amides is 1. The Balaban J connectivity index is 2.74. The van der Waals surface area contributed by atoms with Crippen LogP contribution in [0.15, 0.2) is 24.3 Å². The van der Waals surface area contributed by atoms with Crippen molar-refractivity contribution in [2.75, 3.05) is 13.7 Å². The average molecular weight is 223 g/mol. The molecule has 0 bridgehead atoms. The molecule has 0 unspecified atom stereocenters. The van der Waals surface area contributed by atoms with Crippen LogP contribution >= 0.6 is 0 Å². The van der Waals surface area contributed by atoms with Crippen molar-refractivity contribution in [2.24, 2.45) is 0 Å². The number of aromatic hydroxyl groups is 1. The zero-order chi connectivity index (χ0) is 12.0. The molecule has 0 saturated carbocycles. The third-order valence-electron chi connectivity index (χ3n) is 2.01. The minimum atomic E-state index is -0.574. The van der Waals surface area contributed by atoms with Crippen LogP contribution in [-0.2, 0) is 16.1 Å². The molecule has 1 aromatic carbocycles. The van der Waals surface area contributed by atoms with Gasteiger partial charge in [0, 0.05) is 6.54 Å². The van der Waals surface area contributed by atoms with Crippen molar-refractivity contribution in [3.8, 4) is 5.75 Å². The molecule has 0 spiro atoms. The Labute approximate surface area is 93.2 Å². The monoisotopic (exact) mass is 223 g/mol. The number of nitrogens with zero attached hydrogens (tertiary/aromatic N) is 1. The fraction of sp³-hybridized carbons (Fsp3) is 0.273. The van der Waals surface area contributed by atoms with Gasteiger partial charge >= 0.3 is 6.09 Å². The van der Waals surface area contributed by atoms with E-state index in [9.17, 15) is 14.7 Å². The summed E-state index contributed by atoms with van der Waals surface area (Å²) >= 11 is 0. The topological polar surface area (TPSA) is 66.8 Å². The van der Waals surface area contributed by atoms with Crippen molar-refractivity contribution in [3.63, 3.8) is 0 Å². The number of carbonyl (C=O) groups excluding carboxylic acids is 2. The molecular formula is C11H13NO4.